The van der Waals surface area contributed by atoms with Gasteiger partial charge in [-0.15, -0.1) is 0 Å². The van der Waals surface area contributed by atoms with Crippen LogP contribution < -0.4 is 9.75 Å². The van der Waals surface area contributed by atoms with Gasteiger partial charge in [-0.2, -0.15) is 0 Å². The Balaban J connectivity index is 2.59. The van der Waals surface area contributed by atoms with Crippen LogP contribution in [0.5, 0.6) is 0 Å². The fraction of sp³-hybridized carbons (Fsp3) is 0.214. The minimum absolute atomic E-state index is 0.851. The van der Waals surface area contributed by atoms with Gasteiger partial charge in [0.25, 0.3) is 0 Å². The number of hydrogen-bond acceptors (Lipinski definition) is 0. The number of benzene rings is 1. The molecule has 0 atom stereocenters. The van der Waals surface area contributed by atoms with Gasteiger partial charge in [-0.1, -0.05) is 29.9 Å². The van der Waals surface area contributed by atoms with Gasteiger partial charge < -0.3 is 0 Å². The van der Waals surface area contributed by atoms with Gasteiger partial charge in [0.2, 0.25) is 5.69 Å². The van der Waals surface area contributed by atoms with Crippen molar-refractivity contribution in [2.24, 2.45) is 7.05 Å². The van der Waals surface area contributed by atoms with E-state index >= 15 is 0 Å². The lowest BCUT2D eigenvalue weighted by Crippen LogP contribution is -2.33. The zero-order valence-electron chi connectivity index (χ0n) is 9.99. The smallest absolute Gasteiger partial charge is 0.201 e. The van der Waals surface area contributed by atoms with Gasteiger partial charge in [-0.25, -0.2) is 4.57 Å². The first kappa shape index (κ1) is 11.1. The van der Waals surface area contributed by atoms with E-state index in [0.29, 0.717) is 0 Å². The average molecular weight is 226 g/mol. The fourth-order valence-corrected chi connectivity index (χ4v) is 2.38. The first-order valence-electron chi connectivity index (χ1n) is 5.46. The molecule has 0 unspecified atom stereocenters. The summed E-state index contributed by atoms with van der Waals surface area (Å²) < 4.78 is 2.19. The van der Waals surface area contributed by atoms with E-state index < -0.39 is 0 Å². The van der Waals surface area contributed by atoms with Crippen molar-refractivity contribution in [1.82, 2.24) is 0 Å². The van der Waals surface area contributed by atoms with Crippen LogP contribution in [0.1, 0.15) is 5.56 Å². The minimum atomic E-state index is 0.851. The lowest BCUT2D eigenvalue weighted by atomic mass is 10.1. The highest BCUT2D eigenvalue weighted by Gasteiger charge is 2.11. The number of aryl methyl sites for hydroxylation is 2. The first-order valence-corrected chi connectivity index (χ1v) is 6.96. The molecule has 2 heteroatoms. The number of hydrogen-bond donors (Lipinski definition) is 0. The van der Waals surface area contributed by atoms with Gasteiger partial charge in [0.1, 0.15) is 7.05 Å². The SMILES string of the molecule is C[Si]c1cc[n+](C)c(-c2ccccc2C)c1. The molecule has 0 bridgehead atoms. The summed E-state index contributed by atoms with van der Waals surface area (Å²) in [6, 6.07) is 13.0. The zero-order valence-corrected chi connectivity index (χ0v) is 11.0. The highest BCUT2D eigenvalue weighted by molar-refractivity contribution is 6.51. The van der Waals surface area contributed by atoms with Crippen LogP contribution in [-0.2, 0) is 7.05 Å². The molecule has 1 heterocycles. The van der Waals surface area contributed by atoms with Crippen LogP contribution in [0.4, 0.5) is 0 Å². The maximum atomic E-state index is 2.29. The highest BCUT2D eigenvalue weighted by Crippen LogP contribution is 2.18. The van der Waals surface area contributed by atoms with E-state index in [2.05, 4.69) is 67.7 Å². The first-order chi connectivity index (χ1) is 7.72. The molecule has 16 heavy (non-hydrogen) atoms. The fourth-order valence-electron chi connectivity index (χ4n) is 1.85. The van der Waals surface area contributed by atoms with E-state index in [9.17, 15) is 0 Å². The molecule has 0 spiro atoms. The van der Waals surface area contributed by atoms with Crippen LogP contribution >= 0.6 is 0 Å². The van der Waals surface area contributed by atoms with Gasteiger partial charge >= 0.3 is 0 Å². The third-order valence-electron chi connectivity index (χ3n) is 2.86. The molecule has 1 aromatic heterocycles. The van der Waals surface area contributed by atoms with Crippen molar-refractivity contribution >= 4 is 14.7 Å². The number of nitrogens with zero attached hydrogens (tertiary/aromatic N) is 1. The standard InChI is InChI=1S/C14H16NSi/c1-11-6-4-5-7-13(11)14-10-12(16-3)8-9-15(14)2/h4-10H,1-3H3/q+1. The summed E-state index contributed by atoms with van der Waals surface area (Å²) in [5, 5.41) is 1.41. The zero-order chi connectivity index (χ0) is 11.5. The van der Waals surface area contributed by atoms with Crippen LogP contribution in [-0.4, -0.2) is 9.52 Å². The van der Waals surface area contributed by atoms with E-state index in [1.165, 1.54) is 22.0 Å². The molecule has 1 aromatic carbocycles. The summed E-state index contributed by atoms with van der Waals surface area (Å²) in [6.07, 6.45) is 2.15. The van der Waals surface area contributed by atoms with Crippen LogP contribution in [0.3, 0.4) is 0 Å². The maximum Gasteiger partial charge on any atom is 0.212 e. The second kappa shape index (κ2) is 4.62. The second-order valence-electron chi connectivity index (χ2n) is 3.98. The summed E-state index contributed by atoms with van der Waals surface area (Å²) in [5.74, 6) is 0. The molecule has 0 aliphatic carbocycles. The van der Waals surface area contributed by atoms with Crippen molar-refractivity contribution < 1.29 is 4.57 Å². The van der Waals surface area contributed by atoms with E-state index in [1.54, 1.807) is 0 Å². The third-order valence-corrected chi connectivity index (χ3v) is 3.75. The molecule has 2 aromatic rings. The Morgan fingerprint density at radius 3 is 2.56 bits per heavy atom. The molecule has 0 N–H and O–H groups in total. The Hall–Kier alpha value is -1.41. The number of pyridine rings is 1. The summed E-state index contributed by atoms with van der Waals surface area (Å²) in [4.78, 5) is 0. The molecule has 0 aliphatic heterocycles. The molecule has 0 aliphatic rings. The van der Waals surface area contributed by atoms with E-state index in [4.69, 9.17) is 0 Å². The van der Waals surface area contributed by atoms with E-state index in [0.717, 1.165) is 9.52 Å². The average Bonchev–Trinajstić information content (AvgIpc) is 2.31. The molecule has 2 rings (SSSR count). The highest BCUT2D eigenvalue weighted by atomic mass is 28.2. The Morgan fingerprint density at radius 1 is 1.12 bits per heavy atom. The predicted molar refractivity (Wildman–Crippen MR) is 69.0 cm³/mol. The Labute approximate surface area is 99.6 Å². The van der Waals surface area contributed by atoms with Crippen molar-refractivity contribution in [1.29, 1.82) is 0 Å². The summed E-state index contributed by atoms with van der Waals surface area (Å²) in [6.45, 7) is 4.38. The normalized spacial score (nSPS) is 10.4. The number of aromatic nitrogens is 1. The topological polar surface area (TPSA) is 3.88 Å². The summed E-state index contributed by atoms with van der Waals surface area (Å²) in [5.41, 5.74) is 3.95. The van der Waals surface area contributed by atoms with Crippen molar-refractivity contribution in [2.75, 3.05) is 0 Å². The number of rotatable bonds is 2. The minimum Gasteiger partial charge on any atom is -0.201 e. The quantitative estimate of drug-likeness (QED) is 0.544. The van der Waals surface area contributed by atoms with E-state index in [1.807, 2.05) is 0 Å². The van der Waals surface area contributed by atoms with Crippen LogP contribution in [0, 0.1) is 6.92 Å². The molecule has 1 nitrogen and oxygen atoms in total. The molecule has 0 saturated heterocycles. The summed E-state index contributed by atoms with van der Waals surface area (Å²) in [7, 11) is 2.95. The van der Waals surface area contributed by atoms with Crippen molar-refractivity contribution in [2.45, 2.75) is 13.5 Å². The summed E-state index contributed by atoms with van der Waals surface area (Å²) >= 11 is 0. The molecule has 0 fully saturated rings. The molecule has 2 radical (unpaired) electrons. The van der Waals surface area contributed by atoms with Gasteiger partial charge in [0.15, 0.2) is 6.20 Å². The lowest BCUT2D eigenvalue weighted by Gasteiger charge is -2.05. The molecular formula is C14H16NSi+. The van der Waals surface area contributed by atoms with Crippen molar-refractivity contribution in [3.63, 3.8) is 0 Å². The van der Waals surface area contributed by atoms with Crippen LogP contribution in [0.2, 0.25) is 6.55 Å². The van der Waals surface area contributed by atoms with Crippen molar-refractivity contribution in [3.8, 4) is 11.3 Å². The van der Waals surface area contributed by atoms with Gasteiger partial charge in [-0.05, 0) is 18.6 Å². The Kier molecular flexibility index (Phi) is 3.20. The Bertz CT molecular complexity index is 506. The largest absolute Gasteiger partial charge is 0.212 e. The van der Waals surface area contributed by atoms with Crippen molar-refractivity contribution in [3.05, 3.63) is 48.2 Å². The molecule has 80 valence electrons. The molecule has 0 saturated carbocycles. The van der Waals surface area contributed by atoms with E-state index in [-0.39, 0.29) is 0 Å². The Morgan fingerprint density at radius 2 is 1.88 bits per heavy atom. The lowest BCUT2D eigenvalue weighted by molar-refractivity contribution is -0.660. The molecule has 0 amide bonds. The monoisotopic (exact) mass is 226 g/mol. The maximum absolute atomic E-state index is 2.29. The third kappa shape index (κ3) is 2.07. The van der Waals surface area contributed by atoms with Gasteiger partial charge in [0, 0.05) is 17.7 Å². The van der Waals surface area contributed by atoms with Gasteiger partial charge in [0.05, 0.1) is 9.52 Å². The van der Waals surface area contributed by atoms with Crippen LogP contribution in [0.25, 0.3) is 11.3 Å². The second-order valence-corrected chi connectivity index (χ2v) is 5.05. The van der Waals surface area contributed by atoms with Crippen LogP contribution in [0.15, 0.2) is 42.6 Å². The van der Waals surface area contributed by atoms with Gasteiger partial charge in [-0.3, -0.25) is 0 Å². The predicted octanol–water partition coefficient (Wildman–Crippen LogP) is 1.86. The molecular weight excluding hydrogens is 210 g/mol.